The highest BCUT2D eigenvalue weighted by Crippen LogP contribution is 2.20. The van der Waals surface area contributed by atoms with Gasteiger partial charge in [-0.15, -0.1) is 0 Å². The van der Waals surface area contributed by atoms with Crippen molar-refractivity contribution in [2.75, 3.05) is 18.5 Å². The molecule has 2 heterocycles. The fraction of sp³-hybridized carbons (Fsp3) is 0.583. The molecule has 170 valence electrons. The molecular weight excluding hydrogens is 410 g/mol. The lowest BCUT2D eigenvalue weighted by Crippen LogP contribution is -2.25. The first-order valence-corrected chi connectivity index (χ1v) is 12.6. The van der Waals surface area contributed by atoms with Crippen molar-refractivity contribution < 1.29 is 13.7 Å². The molecule has 1 saturated heterocycles. The first kappa shape index (κ1) is 23.7. The Hall–Kier alpha value is -1.99. The lowest BCUT2D eigenvalue weighted by molar-refractivity contribution is -0.116. The minimum absolute atomic E-state index is 0.0156. The Morgan fingerprint density at radius 1 is 1.29 bits per heavy atom. The van der Waals surface area contributed by atoms with E-state index >= 15 is 0 Å². The Kier molecular flexibility index (Phi) is 8.43. The molecule has 1 unspecified atom stereocenters. The summed E-state index contributed by atoms with van der Waals surface area (Å²) in [4.78, 5) is 12.6. The van der Waals surface area contributed by atoms with E-state index < -0.39 is 10.8 Å². The fourth-order valence-electron chi connectivity index (χ4n) is 4.04. The summed E-state index contributed by atoms with van der Waals surface area (Å²) in [5.74, 6) is 1.03. The van der Waals surface area contributed by atoms with Crippen LogP contribution in [0.15, 0.2) is 24.3 Å². The Morgan fingerprint density at radius 2 is 2.03 bits per heavy atom. The van der Waals surface area contributed by atoms with Gasteiger partial charge in [0.15, 0.2) is 0 Å². The van der Waals surface area contributed by atoms with Gasteiger partial charge in [0.1, 0.15) is 0 Å². The summed E-state index contributed by atoms with van der Waals surface area (Å²) in [7, 11) is -0.916. The van der Waals surface area contributed by atoms with Crippen LogP contribution in [0.3, 0.4) is 0 Å². The summed E-state index contributed by atoms with van der Waals surface area (Å²) in [5.41, 5.74) is 5.07. The van der Waals surface area contributed by atoms with Crippen molar-refractivity contribution >= 4 is 22.4 Å². The zero-order chi connectivity index (χ0) is 22.4. The van der Waals surface area contributed by atoms with Crippen LogP contribution in [0.5, 0.6) is 0 Å². The third-order valence-corrected chi connectivity index (χ3v) is 7.56. The van der Waals surface area contributed by atoms with E-state index in [0.29, 0.717) is 37.7 Å². The highest BCUT2D eigenvalue weighted by Gasteiger charge is 2.20. The second kappa shape index (κ2) is 11.0. The number of aryl methyl sites for hydroxylation is 1. The number of hydrogen-bond acceptors (Lipinski definition) is 4. The maximum atomic E-state index is 12.7. The van der Waals surface area contributed by atoms with E-state index in [2.05, 4.69) is 35.9 Å². The number of nitrogens with zero attached hydrogens (tertiary/aromatic N) is 2. The number of anilines is 1. The Bertz CT molecular complexity index is 917. The fourth-order valence-corrected chi connectivity index (χ4v) is 5.50. The van der Waals surface area contributed by atoms with E-state index in [1.54, 1.807) is 0 Å². The van der Waals surface area contributed by atoms with Crippen molar-refractivity contribution in [1.29, 1.82) is 0 Å². The van der Waals surface area contributed by atoms with Crippen molar-refractivity contribution in [3.05, 3.63) is 46.8 Å². The number of carbonyl (C=O) groups excluding carboxylic acids is 1. The third-order valence-electron chi connectivity index (χ3n) is 5.73. The van der Waals surface area contributed by atoms with Crippen molar-refractivity contribution in [2.45, 2.75) is 70.9 Å². The van der Waals surface area contributed by atoms with Crippen molar-refractivity contribution in [1.82, 2.24) is 9.78 Å². The van der Waals surface area contributed by atoms with Gasteiger partial charge >= 0.3 is 0 Å². The molecule has 0 bridgehead atoms. The predicted molar refractivity (Wildman–Crippen MR) is 126 cm³/mol. The number of nitrogens with one attached hydrogen (secondary N) is 1. The number of carbonyl (C=O) groups is 1. The average molecular weight is 446 g/mol. The van der Waals surface area contributed by atoms with Crippen LogP contribution in [-0.2, 0) is 39.0 Å². The Morgan fingerprint density at radius 3 is 2.74 bits per heavy atom. The molecular formula is C24H35N3O3S. The van der Waals surface area contributed by atoms with E-state index in [1.807, 2.05) is 31.2 Å². The molecule has 1 N–H and O–H groups in total. The second-order valence-corrected chi connectivity index (χ2v) is 10.5. The zero-order valence-electron chi connectivity index (χ0n) is 19.1. The molecule has 0 saturated carbocycles. The predicted octanol–water partition coefficient (Wildman–Crippen LogP) is 4.15. The molecule has 1 aromatic heterocycles. The molecule has 1 fully saturated rings. The van der Waals surface area contributed by atoms with Crippen LogP contribution >= 0.6 is 0 Å². The van der Waals surface area contributed by atoms with Gasteiger partial charge < -0.3 is 10.1 Å². The van der Waals surface area contributed by atoms with Crippen molar-refractivity contribution in [3.63, 3.8) is 0 Å². The van der Waals surface area contributed by atoms with Crippen LogP contribution in [-0.4, -0.2) is 38.4 Å². The zero-order valence-corrected chi connectivity index (χ0v) is 20.0. The van der Waals surface area contributed by atoms with Crippen LogP contribution in [0.4, 0.5) is 5.69 Å². The first-order valence-electron chi connectivity index (χ1n) is 11.2. The highest BCUT2D eigenvalue weighted by molar-refractivity contribution is 7.84. The van der Waals surface area contributed by atoms with Crippen molar-refractivity contribution in [2.24, 2.45) is 5.92 Å². The van der Waals surface area contributed by atoms with E-state index in [0.717, 1.165) is 47.6 Å². The number of ether oxygens (including phenoxy) is 1. The molecule has 1 aliphatic rings. The molecule has 3 rings (SSSR count). The minimum Gasteiger partial charge on any atom is -0.381 e. The molecule has 1 amide bonds. The van der Waals surface area contributed by atoms with Gasteiger partial charge in [-0.05, 0) is 62.3 Å². The van der Waals surface area contributed by atoms with Gasteiger partial charge in [0, 0.05) is 59.4 Å². The standard InChI is InChI=1S/C24H35N3O3S/c1-17(2)15-27-19(4)23(18(3)26-27)8-9-24(28)25-21-7-5-6-20(14-21)16-31(29)22-10-12-30-13-11-22/h5-7,14,17,22H,8-13,15-16H2,1-4H3,(H,25,28). The van der Waals surface area contributed by atoms with Gasteiger partial charge in [-0.3, -0.25) is 13.7 Å². The molecule has 0 radical (unpaired) electrons. The minimum atomic E-state index is -0.916. The van der Waals surface area contributed by atoms with Gasteiger partial charge in [0.05, 0.1) is 5.69 Å². The van der Waals surface area contributed by atoms with Gasteiger partial charge in [-0.25, -0.2) is 0 Å². The Labute approximate surface area is 188 Å². The van der Waals surface area contributed by atoms with E-state index in [9.17, 15) is 9.00 Å². The van der Waals surface area contributed by atoms with Crippen molar-refractivity contribution in [3.8, 4) is 0 Å². The molecule has 0 aliphatic carbocycles. The third kappa shape index (κ3) is 6.74. The highest BCUT2D eigenvalue weighted by atomic mass is 32.2. The first-order chi connectivity index (χ1) is 14.8. The molecule has 1 aliphatic heterocycles. The SMILES string of the molecule is Cc1nn(CC(C)C)c(C)c1CCC(=O)Nc1cccc(CS(=O)C2CCOCC2)c1. The van der Waals surface area contributed by atoms with Crippen LogP contribution in [0.2, 0.25) is 0 Å². The molecule has 1 aromatic carbocycles. The van der Waals surface area contributed by atoms with Crippen LogP contribution in [0.1, 0.15) is 55.6 Å². The topological polar surface area (TPSA) is 73.2 Å². The number of benzene rings is 1. The monoisotopic (exact) mass is 445 g/mol. The number of aromatic nitrogens is 2. The average Bonchev–Trinajstić information content (AvgIpc) is 2.99. The largest absolute Gasteiger partial charge is 0.381 e. The molecule has 6 nitrogen and oxygen atoms in total. The number of hydrogen-bond donors (Lipinski definition) is 1. The maximum absolute atomic E-state index is 12.7. The normalized spacial score (nSPS) is 15.9. The summed E-state index contributed by atoms with van der Waals surface area (Å²) >= 11 is 0. The molecule has 2 aromatic rings. The Balaban J connectivity index is 1.54. The summed E-state index contributed by atoms with van der Waals surface area (Å²) in [5, 5.41) is 7.84. The lowest BCUT2D eigenvalue weighted by atomic mass is 10.1. The van der Waals surface area contributed by atoms with Crippen LogP contribution < -0.4 is 5.32 Å². The molecule has 0 spiro atoms. The summed E-state index contributed by atoms with van der Waals surface area (Å²) in [6.07, 6.45) is 2.80. The maximum Gasteiger partial charge on any atom is 0.224 e. The van der Waals surface area contributed by atoms with Gasteiger partial charge in [-0.1, -0.05) is 26.0 Å². The number of amides is 1. The van der Waals surface area contributed by atoms with Gasteiger partial charge in [-0.2, -0.15) is 5.10 Å². The number of rotatable bonds is 9. The lowest BCUT2D eigenvalue weighted by Gasteiger charge is -2.21. The summed E-state index contributed by atoms with van der Waals surface area (Å²) in [6.45, 7) is 10.7. The molecule has 7 heteroatoms. The second-order valence-electron chi connectivity index (χ2n) is 8.81. The van der Waals surface area contributed by atoms with Crippen LogP contribution in [0, 0.1) is 19.8 Å². The smallest absolute Gasteiger partial charge is 0.224 e. The molecule has 1 atom stereocenters. The quantitative estimate of drug-likeness (QED) is 0.629. The van der Waals surface area contributed by atoms with Gasteiger partial charge in [0.2, 0.25) is 5.91 Å². The van der Waals surface area contributed by atoms with E-state index in [-0.39, 0.29) is 11.2 Å². The summed E-state index contributed by atoms with van der Waals surface area (Å²) < 4.78 is 20.1. The van der Waals surface area contributed by atoms with E-state index in [1.165, 1.54) is 0 Å². The van der Waals surface area contributed by atoms with Crippen LogP contribution in [0.25, 0.3) is 0 Å². The molecule has 31 heavy (non-hydrogen) atoms. The van der Waals surface area contributed by atoms with E-state index in [4.69, 9.17) is 4.74 Å². The summed E-state index contributed by atoms with van der Waals surface area (Å²) in [6, 6.07) is 7.71. The van der Waals surface area contributed by atoms with Gasteiger partial charge in [0.25, 0.3) is 0 Å².